The number of nitrogens with one attached hydrogen (secondary N) is 1. The molecular weight excluding hydrogens is 434 g/mol. The van der Waals surface area contributed by atoms with Crippen LogP contribution in [0.5, 0.6) is 5.75 Å². The molecule has 0 aliphatic heterocycles. The van der Waals surface area contributed by atoms with E-state index in [-0.39, 0.29) is 5.91 Å². The highest BCUT2D eigenvalue weighted by Gasteiger charge is 2.10. The predicted octanol–water partition coefficient (Wildman–Crippen LogP) is 6.53. The molecule has 0 saturated heterocycles. The lowest BCUT2D eigenvalue weighted by Crippen LogP contribution is -2.13. The van der Waals surface area contributed by atoms with Gasteiger partial charge in [0.1, 0.15) is 12.4 Å². The molecule has 1 aromatic heterocycles. The lowest BCUT2D eigenvalue weighted by Gasteiger charge is -2.11. The SMILES string of the molecule is Cc1ccc(OCc2cccc(C(=O)Nc3ccn(Cc4cccc5ccccc45)n3)c2)c(C)c1. The van der Waals surface area contributed by atoms with Gasteiger partial charge in [-0.2, -0.15) is 5.10 Å². The summed E-state index contributed by atoms with van der Waals surface area (Å²) in [4.78, 5) is 12.9. The first-order valence-electron chi connectivity index (χ1n) is 11.7. The zero-order valence-corrected chi connectivity index (χ0v) is 19.9. The van der Waals surface area contributed by atoms with Crippen LogP contribution in [0.2, 0.25) is 0 Å². The average molecular weight is 462 g/mol. The summed E-state index contributed by atoms with van der Waals surface area (Å²) in [6.45, 7) is 5.12. The van der Waals surface area contributed by atoms with Gasteiger partial charge < -0.3 is 10.1 Å². The van der Waals surface area contributed by atoms with E-state index in [4.69, 9.17) is 4.74 Å². The highest BCUT2D eigenvalue weighted by molar-refractivity contribution is 6.03. The van der Waals surface area contributed by atoms with Gasteiger partial charge in [-0.25, -0.2) is 0 Å². The van der Waals surface area contributed by atoms with Crippen molar-refractivity contribution >= 4 is 22.5 Å². The number of anilines is 1. The highest BCUT2D eigenvalue weighted by Crippen LogP contribution is 2.21. The summed E-state index contributed by atoms with van der Waals surface area (Å²) in [5.74, 6) is 1.17. The van der Waals surface area contributed by atoms with Gasteiger partial charge in [-0.05, 0) is 59.5 Å². The molecule has 1 amide bonds. The molecule has 0 unspecified atom stereocenters. The maximum atomic E-state index is 12.9. The molecule has 0 saturated carbocycles. The number of amides is 1. The van der Waals surface area contributed by atoms with Gasteiger partial charge in [0.2, 0.25) is 0 Å². The minimum Gasteiger partial charge on any atom is -0.489 e. The maximum Gasteiger partial charge on any atom is 0.256 e. The third kappa shape index (κ3) is 5.25. The van der Waals surface area contributed by atoms with Crippen molar-refractivity contribution in [1.29, 1.82) is 0 Å². The molecule has 0 aliphatic carbocycles. The second-order valence-electron chi connectivity index (χ2n) is 8.75. The number of carbonyl (C=O) groups is 1. The number of hydrogen-bond donors (Lipinski definition) is 1. The normalized spacial score (nSPS) is 10.9. The topological polar surface area (TPSA) is 56.1 Å². The molecule has 5 nitrogen and oxygen atoms in total. The van der Waals surface area contributed by atoms with Crippen LogP contribution in [0.4, 0.5) is 5.82 Å². The lowest BCUT2D eigenvalue weighted by molar-refractivity contribution is 0.102. The van der Waals surface area contributed by atoms with Crippen molar-refractivity contribution in [3.8, 4) is 5.75 Å². The first-order valence-corrected chi connectivity index (χ1v) is 11.7. The van der Waals surface area contributed by atoms with Gasteiger partial charge in [-0.3, -0.25) is 9.48 Å². The van der Waals surface area contributed by atoms with Gasteiger partial charge in [0, 0.05) is 17.8 Å². The van der Waals surface area contributed by atoms with Crippen molar-refractivity contribution in [2.75, 3.05) is 5.32 Å². The Morgan fingerprint density at radius 2 is 1.74 bits per heavy atom. The number of hydrogen-bond acceptors (Lipinski definition) is 3. The van der Waals surface area contributed by atoms with Crippen LogP contribution in [0.25, 0.3) is 10.8 Å². The zero-order chi connectivity index (χ0) is 24.2. The lowest BCUT2D eigenvalue weighted by atomic mass is 10.0. The van der Waals surface area contributed by atoms with E-state index in [1.54, 1.807) is 6.07 Å². The van der Waals surface area contributed by atoms with Gasteiger partial charge in [0.05, 0.1) is 6.54 Å². The molecule has 0 fully saturated rings. The summed E-state index contributed by atoms with van der Waals surface area (Å²) in [5.41, 5.74) is 4.97. The summed E-state index contributed by atoms with van der Waals surface area (Å²) in [7, 11) is 0. The van der Waals surface area contributed by atoms with Crippen molar-refractivity contribution in [2.45, 2.75) is 27.0 Å². The summed E-state index contributed by atoms with van der Waals surface area (Å²) in [6.07, 6.45) is 1.88. The number of ether oxygens (including phenoxy) is 1. The Morgan fingerprint density at radius 1 is 0.914 bits per heavy atom. The van der Waals surface area contributed by atoms with E-state index in [1.807, 2.05) is 66.3 Å². The molecule has 1 heterocycles. The molecule has 5 aromatic rings. The van der Waals surface area contributed by atoms with E-state index in [2.05, 4.69) is 53.7 Å². The Labute approximate surface area is 205 Å². The summed E-state index contributed by atoms with van der Waals surface area (Å²) >= 11 is 0. The Balaban J connectivity index is 1.24. The van der Waals surface area contributed by atoms with Gasteiger partial charge in [-0.1, -0.05) is 72.3 Å². The third-order valence-electron chi connectivity index (χ3n) is 6.01. The Bertz CT molecular complexity index is 1500. The van der Waals surface area contributed by atoms with E-state index in [1.165, 1.54) is 21.9 Å². The number of carbonyl (C=O) groups excluding carboxylic acids is 1. The van der Waals surface area contributed by atoms with Crippen LogP contribution in [0.3, 0.4) is 0 Å². The smallest absolute Gasteiger partial charge is 0.256 e. The van der Waals surface area contributed by atoms with Gasteiger partial charge in [0.25, 0.3) is 5.91 Å². The van der Waals surface area contributed by atoms with Crippen LogP contribution in [0.1, 0.15) is 32.6 Å². The number of nitrogens with zero attached hydrogens (tertiary/aromatic N) is 2. The van der Waals surface area contributed by atoms with Crippen LogP contribution in [-0.4, -0.2) is 15.7 Å². The summed E-state index contributed by atoms with van der Waals surface area (Å²) < 4.78 is 7.81. The number of rotatable bonds is 7. The fraction of sp³-hybridized carbons (Fsp3) is 0.133. The minimum atomic E-state index is -0.200. The molecule has 5 rings (SSSR count). The minimum absolute atomic E-state index is 0.200. The van der Waals surface area contributed by atoms with Crippen LogP contribution in [0.15, 0.2) is 97.2 Å². The van der Waals surface area contributed by atoms with Crippen molar-refractivity contribution in [2.24, 2.45) is 0 Å². The number of benzene rings is 4. The van der Waals surface area contributed by atoms with Crippen molar-refractivity contribution in [3.05, 3.63) is 125 Å². The Hall–Kier alpha value is -4.38. The Morgan fingerprint density at radius 3 is 2.63 bits per heavy atom. The fourth-order valence-corrected chi connectivity index (χ4v) is 4.23. The second kappa shape index (κ2) is 9.85. The second-order valence-corrected chi connectivity index (χ2v) is 8.75. The molecule has 0 aliphatic rings. The first kappa shape index (κ1) is 22.4. The standard InChI is InChI=1S/C30H27N3O2/c1-21-13-14-28(22(2)17-21)35-20-23-7-5-10-25(18-23)30(34)31-29-15-16-33(32-29)19-26-11-6-9-24-8-3-4-12-27(24)26/h3-18H,19-20H2,1-2H3,(H,31,32,34). The number of fused-ring (bicyclic) bond motifs is 1. The summed E-state index contributed by atoms with van der Waals surface area (Å²) in [6, 6.07) is 30.0. The summed E-state index contributed by atoms with van der Waals surface area (Å²) in [5, 5.41) is 9.86. The van der Waals surface area contributed by atoms with Crippen molar-refractivity contribution < 1.29 is 9.53 Å². The van der Waals surface area contributed by atoms with E-state index < -0.39 is 0 Å². The van der Waals surface area contributed by atoms with Gasteiger partial charge in [-0.15, -0.1) is 0 Å². The first-order chi connectivity index (χ1) is 17.0. The predicted molar refractivity (Wildman–Crippen MR) is 140 cm³/mol. The van der Waals surface area contributed by atoms with Crippen LogP contribution < -0.4 is 10.1 Å². The number of aryl methyl sites for hydroxylation is 2. The molecule has 174 valence electrons. The van der Waals surface area contributed by atoms with Crippen LogP contribution in [0, 0.1) is 13.8 Å². The van der Waals surface area contributed by atoms with Gasteiger partial charge >= 0.3 is 0 Å². The van der Waals surface area contributed by atoms with Crippen molar-refractivity contribution in [1.82, 2.24) is 9.78 Å². The third-order valence-corrected chi connectivity index (χ3v) is 6.01. The molecule has 0 spiro atoms. The quantitative estimate of drug-likeness (QED) is 0.300. The van der Waals surface area contributed by atoms with E-state index in [0.717, 1.165) is 16.9 Å². The average Bonchev–Trinajstić information content (AvgIpc) is 3.30. The van der Waals surface area contributed by atoms with Gasteiger partial charge in [0.15, 0.2) is 5.82 Å². The molecular formula is C30H27N3O2. The van der Waals surface area contributed by atoms with Crippen LogP contribution in [-0.2, 0) is 13.2 Å². The molecule has 0 radical (unpaired) electrons. The monoisotopic (exact) mass is 461 g/mol. The molecule has 4 aromatic carbocycles. The molecule has 5 heteroatoms. The highest BCUT2D eigenvalue weighted by atomic mass is 16.5. The largest absolute Gasteiger partial charge is 0.489 e. The molecule has 1 N–H and O–H groups in total. The molecule has 0 bridgehead atoms. The van der Waals surface area contributed by atoms with E-state index in [0.29, 0.717) is 24.5 Å². The molecule has 0 atom stereocenters. The molecule has 35 heavy (non-hydrogen) atoms. The van der Waals surface area contributed by atoms with E-state index >= 15 is 0 Å². The fourth-order valence-electron chi connectivity index (χ4n) is 4.23. The van der Waals surface area contributed by atoms with Crippen molar-refractivity contribution in [3.63, 3.8) is 0 Å². The van der Waals surface area contributed by atoms with E-state index in [9.17, 15) is 4.79 Å². The van der Waals surface area contributed by atoms with Crippen LogP contribution >= 0.6 is 0 Å². The number of aromatic nitrogens is 2. The zero-order valence-electron chi connectivity index (χ0n) is 19.9. The maximum absolute atomic E-state index is 12.9. The Kier molecular flexibility index (Phi) is 6.31.